The number of rotatable bonds is 6. The molecule has 0 spiro atoms. The van der Waals surface area contributed by atoms with Gasteiger partial charge >= 0.3 is 0 Å². The molecule has 2 aromatic heterocycles. The lowest BCUT2D eigenvalue weighted by molar-refractivity contribution is -0.129. The van der Waals surface area contributed by atoms with Crippen molar-refractivity contribution in [2.45, 2.75) is 26.7 Å². The Balaban J connectivity index is 0.00000242. The van der Waals surface area contributed by atoms with Gasteiger partial charge in [-0.2, -0.15) is 10.1 Å². The van der Waals surface area contributed by atoms with Crippen LogP contribution >= 0.6 is 12.4 Å². The molecule has 0 aliphatic carbocycles. The highest BCUT2D eigenvalue weighted by atomic mass is 35.5. The molecule has 2 aromatic rings. The Morgan fingerprint density at radius 3 is 2.82 bits per heavy atom. The summed E-state index contributed by atoms with van der Waals surface area (Å²) in [5.41, 5.74) is 2.99. The Hall–Kier alpha value is -1.73. The van der Waals surface area contributed by atoms with E-state index in [0.29, 0.717) is 25.2 Å². The van der Waals surface area contributed by atoms with Crippen LogP contribution in [0.2, 0.25) is 0 Å². The van der Waals surface area contributed by atoms with Crippen molar-refractivity contribution in [3.05, 3.63) is 23.3 Å². The Bertz CT molecular complexity index is 642. The van der Waals surface area contributed by atoms with Crippen LogP contribution in [0.4, 0.5) is 0 Å². The minimum atomic E-state index is 0. The molecule has 0 unspecified atom stereocenters. The minimum Gasteiger partial charge on any atom is -0.344 e. The minimum absolute atomic E-state index is 0. The van der Waals surface area contributed by atoms with E-state index in [1.54, 1.807) is 9.42 Å². The Labute approximate surface area is 136 Å². The van der Waals surface area contributed by atoms with Crippen LogP contribution in [-0.2, 0) is 11.2 Å². The van der Waals surface area contributed by atoms with Crippen LogP contribution in [0.3, 0.4) is 0 Å². The molecule has 0 aliphatic heterocycles. The second kappa shape index (κ2) is 8.05. The van der Waals surface area contributed by atoms with Crippen molar-refractivity contribution in [1.29, 1.82) is 0 Å². The average Bonchev–Trinajstić information content (AvgIpc) is 2.92. The first-order valence-corrected chi connectivity index (χ1v) is 7.09. The van der Waals surface area contributed by atoms with Crippen LogP contribution < -0.4 is 5.32 Å². The zero-order chi connectivity index (χ0) is 15.4. The molecule has 0 bridgehead atoms. The number of hydrogen-bond donors (Lipinski definition) is 1. The lowest BCUT2D eigenvalue weighted by atomic mass is 10.1. The van der Waals surface area contributed by atoms with Crippen LogP contribution in [0, 0.1) is 13.8 Å². The highest BCUT2D eigenvalue weighted by Crippen LogP contribution is 2.15. The number of aryl methyl sites for hydroxylation is 2. The number of carbonyl (C=O) groups is 1. The Morgan fingerprint density at radius 2 is 2.14 bits per heavy atom. The fourth-order valence-electron chi connectivity index (χ4n) is 2.34. The number of fused-ring (bicyclic) bond motifs is 1. The van der Waals surface area contributed by atoms with E-state index >= 15 is 0 Å². The van der Waals surface area contributed by atoms with Gasteiger partial charge in [-0.25, -0.2) is 9.50 Å². The van der Waals surface area contributed by atoms with E-state index in [9.17, 15) is 4.79 Å². The van der Waals surface area contributed by atoms with Crippen molar-refractivity contribution in [2.75, 3.05) is 27.2 Å². The van der Waals surface area contributed by atoms with Gasteiger partial charge in [0.15, 0.2) is 0 Å². The lowest BCUT2D eigenvalue weighted by Gasteiger charge is -2.17. The monoisotopic (exact) mass is 326 g/mol. The second-order valence-electron chi connectivity index (χ2n) is 5.15. The van der Waals surface area contributed by atoms with Gasteiger partial charge in [0.2, 0.25) is 5.91 Å². The van der Waals surface area contributed by atoms with Crippen LogP contribution in [0.25, 0.3) is 5.78 Å². The number of aromatic nitrogens is 4. The van der Waals surface area contributed by atoms with Gasteiger partial charge in [0, 0.05) is 37.9 Å². The third-order valence-corrected chi connectivity index (χ3v) is 3.70. The van der Waals surface area contributed by atoms with E-state index in [1.807, 2.05) is 27.9 Å². The third-order valence-electron chi connectivity index (χ3n) is 3.70. The van der Waals surface area contributed by atoms with Gasteiger partial charge in [-0.05, 0) is 32.9 Å². The summed E-state index contributed by atoms with van der Waals surface area (Å²) in [6.07, 6.45) is 2.64. The molecule has 0 fully saturated rings. The molecule has 7 nitrogen and oxygen atoms in total. The Morgan fingerprint density at radius 1 is 1.41 bits per heavy atom. The zero-order valence-corrected chi connectivity index (χ0v) is 14.3. The summed E-state index contributed by atoms with van der Waals surface area (Å²) in [4.78, 5) is 22.4. The van der Waals surface area contributed by atoms with Crippen molar-refractivity contribution in [1.82, 2.24) is 29.8 Å². The predicted octanol–water partition coefficient (Wildman–Crippen LogP) is 0.773. The first-order chi connectivity index (χ1) is 10.0. The molecular weight excluding hydrogens is 304 g/mol. The number of hydrogen-bond acceptors (Lipinski definition) is 5. The smallest absolute Gasteiger partial charge is 0.252 e. The highest BCUT2D eigenvalue weighted by molar-refractivity contribution is 5.85. The lowest BCUT2D eigenvalue weighted by Crippen LogP contribution is -2.33. The van der Waals surface area contributed by atoms with E-state index in [1.165, 1.54) is 6.33 Å². The summed E-state index contributed by atoms with van der Waals surface area (Å²) >= 11 is 0. The van der Waals surface area contributed by atoms with Crippen LogP contribution in [0.1, 0.15) is 23.4 Å². The molecule has 2 heterocycles. The van der Waals surface area contributed by atoms with Gasteiger partial charge in [0.1, 0.15) is 6.33 Å². The summed E-state index contributed by atoms with van der Waals surface area (Å²) < 4.78 is 1.72. The fourth-order valence-corrected chi connectivity index (χ4v) is 2.34. The fraction of sp³-hybridized carbons (Fsp3) is 0.571. The molecule has 0 aromatic carbocycles. The van der Waals surface area contributed by atoms with Gasteiger partial charge in [-0.1, -0.05) is 0 Å². The number of amides is 1. The molecule has 0 aliphatic rings. The molecule has 1 N–H and O–H groups in total. The zero-order valence-electron chi connectivity index (χ0n) is 13.5. The van der Waals surface area contributed by atoms with E-state index in [4.69, 9.17) is 0 Å². The molecule has 122 valence electrons. The topological polar surface area (TPSA) is 75.4 Å². The molecule has 0 saturated heterocycles. The quantitative estimate of drug-likeness (QED) is 0.848. The standard InChI is InChI=1S/C14H22N6O.ClH/c1-10-12(5-6-13(21)19(4)8-7-15-3)11(2)20-14(18-10)16-9-17-20;/h9,15H,5-8H2,1-4H3;1H. The number of nitrogens with one attached hydrogen (secondary N) is 1. The van der Waals surface area contributed by atoms with Gasteiger partial charge in [0.05, 0.1) is 0 Å². The molecule has 1 amide bonds. The summed E-state index contributed by atoms with van der Waals surface area (Å²) in [5, 5.41) is 7.20. The van der Waals surface area contributed by atoms with Crippen LogP contribution in [0.15, 0.2) is 6.33 Å². The molecule has 2 rings (SSSR count). The van der Waals surface area contributed by atoms with Gasteiger partial charge in [0.25, 0.3) is 5.78 Å². The first kappa shape index (κ1) is 18.3. The maximum atomic E-state index is 12.1. The van der Waals surface area contributed by atoms with E-state index in [0.717, 1.165) is 23.5 Å². The van der Waals surface area contributed by atoms with Crippen molar-refractivity contribution < 1.29 is 4.79 Å². The van der Waals surface area contributed by atoms with Gasteiger partial charge in [-0.15, -0.1) is 12.4 Å². The third kappa shape index (κ3) is 3.92. The molecule has 0 atom stereocenters. The van der Waals surface area contributed by atoms with Crippen LogP contribution in [-0.4, -0.2) is 57.6 Å². The average molecular weight is 327 g/mol. The van der Waals surface area contributed by atoms with E-state index in [2.05, 4.69) is 20.4 Å². The van der Waals surface area contributed by atoms with E-state index in [-0.39, 0.29) is 18.3 Å². The predicted molar refractivity (Wildman–Crippen MR) is 87.4 cm³/mol. The van der Waals surface area contributed by atoms with Crippen molar-refractivity contribution in [3.63, 3.8) is 0 Å². The highest BCUT2D eigenvalue weighted by Gasteiger charge is 2.14. The SMILES string of the molecule is CNCCN(C)C(=O)CCc1c(C)nc2ncnn2c1C.Cl. The summed E-state index contributed by atoms with van der Waals surface area (Å²) in [5.74, 6) is 0.744. The molecule has 22 heavy (non-hydrogen) atoms. The number of nitrogens with zero attached hydrogens (tertiary/aromatic N) is 5. The summed E-state index contributed by atoms with van der Waals surface area (Å²) in [6.45, 7) is 5.45. The number of likely N-dealkylation sites (N-methyl/N-ethyl adjacent to an activating group) is 2. The molecular formula is C14H23ClN6O. The van der Waals surface area contributed by atoms with Crippen LogP contribution in [0.5, 0.6) is 0 Å². The summed E-state index contributed by atoms with van der Waals surface area (Å²) in [6, 6.07) is 0. The largest absolute Gasteiger partial charge is 0.344 e. The van der Waals surface area contributed by atoms with Crippen molar-refractivity contribution in [2.24, 2.45) is 0 Å². The number of halogens is 1. The van der Waals surface area contributed by atoms with Gasteiger partial charge < -0.3 is 10.2 Å². The van der Waals surface area contributed by atoms with E-state index < -0.39 is 0 Å². The molecule has 0 saturated carbocycles. The Kier molecular flexibility index (Phi) is 6.70. The maximum Gasteiger partial charge on any atom is 0.252 e. The second-order valence-corrected chi connectivity index (χ2v) is 5.15. The van der Waals surface area contributed by atoms with Crippen molar-refractivity contribution in [3.8, 4) is 0 Å². The maximum absolute atomic E-state index is 12.1. The first-order valence-electron chi connectivity index (χ1n) is 7.09. The van der Waals surface area contributed by atoms with Crippen molar-refractivity contribution >= 4 is 24.1 Å². The molecule has 8 heteroatoms. The summed E-state index contributed by atoms with van der Waals surface area (Å²) in [7, 11) is 3.71. The normalized spacial score (nSPS) is 10.5. The van der Waals surface area contributed by atoms with Gasteiger partial charge in [-0.3, -0.25) is 4.79 Å². The molecule has 0 radical (unpaired) electrons. The number of carbonyl (C=O) groups excluding carboxylic acids is 1.